The molecule has 0 aliphatic heterocycles. The molecular formula is C20H15N5. The van der Waals surface area contributed by atoms with Crippen molar-refractivity contribution in [2.45, 2.75) is 5.41 Å². The third-order valence-corrected chi connectivity index (χ3v) is 4.21. The molecule has 0 unspecified atom stereocenters. The van der Waals surface area contributed by atoms with Crippen LogP contribution in [0.1, 0.15) is 22.5 Å². The first-order valence-electron chi connectivity index (χ1n) is 7.91. The molecule has 5 heteroatoms. The fourth-order valence-electron chi connectivity index (χ4n) is 3.16. The van der Waals surface area contributed by atoms with Crippen molar-refractivity contribution < 1.29 is 0 Å². The van der Waals surface area contributed by atoms with E-state index in [9.17, 15) is 0 Å². The number of hydrogen-bond acceptors (Lipinski definition) is 5. The van der Waals surface area contributed by atoms with Crippen LogP contribution in [0.3, 0.4) is 0 Å². The maximum atomic E-state index is 4.59. The van der Waals surface area contributed by atoms with Crippen LogP contribution >= 0.6 is 0 Å². The second kappa shape index (κ2) is 6.57. The van der Waals surface area contributed by atoms with Crippen LogP contribution < -0.4 is 0 Å². The molecule has 0 saturated heterocycles. The van der Waals surface area contributed by atoms with Crippen molar-refractivity contribution in [2.75, 3.05) is 0 Å². The van der Waals surface area contributed by atoms with Crippen LogP contribution in [-0.2, 0) is 5.41 Å². The molecule has 5 nitrogen and oxygen atoms in total. The normalized spacial score (nSPS) is 13.1. The Morgan fingerprint density at radius 2 is 1.20 bits per heavy atom. The van der Waals surface area contributed by atoms with Gasteiger partial charge in [0.1, 0.15) is 17.6 Å². The van der Waals surface area contributed by atoms with Gasteiger partial charge in [0.15, 0.2) is 0 Å². The van der Waals surface area contributed by atoms with Crippen LogP contribution in [0.4, 0.5) is 0 Å². The molecule has 0 fully saturated rings. The van der Waals surface area contributed by atoms with Crippen LogP contribution in [0, 0.1) is 0 Å². The van der Waals surface area contributed by atoms with Gasteiger partial charge < -0.3 is 0 Å². The summed E-state index contributed by atoms with van der Waals surface area (Å²) in [7, 11) is 0. The third-order valence-electron chi connectivity index (χ3n) is 4.21. The second-order valence-corrected chi connectivity index (χ2v) is 5.55. The van der Waals surface area contributed by atoms with Crippen molar-refractivity contribution in [2.24, 2.45) is 0 Å². The molecule has 120 valence electrons. The predicted octanol–water partition coefficient (Wildman–Crippen LogP) is 3.04. The van der Waals surface area contributed by atoms with E-state index in [1.807, 2.05) is 48.8 Å². The number of aromatic nitrogens is 5. The van der Waals surface area contributed by atoms with E-state index >= 15 is 0 Å². The van der Waals surface area contributed by atoms with Crippen molar-refractivity contribution in [3.63, 3.8) is 0 Å². The lowest BCUT2D eigenvalue weighted by Crippen LogP contribution is -2.33. The zero-order chi connectivity index (χ0) is 17.0. The molecule has 3 aromatic heterocycles. The molecule has 0 N–H and O–H groups in total. The number of nitrogens with zero attached hydrogens (tertiary/aromatic N) is 5. The third kappa shape index (κ3) is 2.55. The standard InChI is InChI=1S/C20H15N5/c1-2-5-16(6-3-1)20(17-7-11-21-12-8-17,18-13-22-15-23-14-18)19-24-9-4-10-25-19/h1-15H/t20-/m0/s1. The topological polar surface area (TPSA) is 64.5 Å². The van der Waals surface area contributed by atoms with Gasteiger partial charge in [0.25, 0.3) is 0 Å². The van der Waals surface area contributed by atoms with E-state index in [0.717, 1.165) is 16.7 Å². The molecule has 25 heavy (non-hydrogen) atoms. The number of pyridine rings is 1. The Balaban J connectivity index is 2.13. The van der Waals surface area contributed by atoms with Gasteiger partial charge in [-0.25, -0.2) is 19.9 Å². The number of hydrogen-bond donors (Lipinski definition) is 0. The van der Waals surface area contributed by atoms with Crippen LogP contribution in [0.5, 0.6) is 0 Å². The first kappa shape index (κ1) is 15.1. The van der Waals surface area contributed by atoms with Crippen molar-refractivity contribution in [3.8, 4) is 0 Å². The van der Waals surface area contributed by atoms with Gasteiger partial charge >= 0.3 is 0 Å². The molecule has 0 spiro atoms. The van der Waals surface area contributed by atoms with E-state index in [1.165, 1.54) is 6.33 Å². The Morgan fingerprint density at radius 1 is 0.560 bits per heavy atom. The Bertz CT molecular complexity index is 765. The van der Waals surface area contributed by atoms with Gasteiger partial charge in [0.2, 0.25) is 0 Å². The molecule has 0 aliphatic carbocycles. The highest BCUT2D eigenvalue weighted by Gasteiger charge is 2.41. The molecule has 0 bridgehead atoms. The molecule has 4 rings (SSSR count). The Labute approximate surface area is 145 Å². The van der Waals surface area contributed by atoms with Crippen molar-refractivity contribution in [1.82, 2.24) is 24.9 Å². The Morgan fingerprint density at radius 3 is 1.88 bits per heavy atom. The highest BCUT2D eigenvalue weighted by Crippen LogP contribution is 2.42. The largest absolute Gasteiger partial charge is 0.265 e. The van der Waals surface area contributed by atoms with E-state index in [-0.39, 0.29) is 0 Å². The van der Waals surface area contributed by atoms with Gasteiger partial charge in [-0.3, -0.25) is 4.98 Å². The lowest BCUT2D eigenvalue weighted by atomic mass is 9.70. The van der Waals surface area contributed by atoms with Crippen LogP contribution in [-0.4, -0.2) is 24.9 Å². The van der Waals surface area contributed by atoms with Gasteiger partial charge in [-0.1, -0.05) is 30.3 Å². The lowest BCUT2D eigenvalue weighted by Gasteiger charge is -2.33. The van der Waals surface area contributed by atoms with Crippen LogP contribution in [0.2, 0.25) is 0 Å². The summed E-state index contributed by atoms with van der Waals surface area (Å²) < 4.78 is 0. The van der Waals surface area contributed by atoms with E-state index in [0.29, 0.717) is 5.82 Å². The number of rotatable bonds is 4. The first-order valence-corrected chi connectivity index (χ1v) is 7.91. The summed E-state index contributed by atoms with van der Waals surface area (Å²) in [4.78, 5) is 21.8. The highest BCUT2D eigenvalue weighted by molar-refractivity contribution is 5.54. The van der Waals surface area contributed by atoms with Gasteiger partial charge in [0, 0.05) is 42.7 Å². The molecular weight excluding hydrogens is 310 g/mol. The molecule has 4 aromatic rings. The lowest BCUT2D eigenvalue weighted by molar-refractivity contribution is 0.670. The minimum Gasteiger partial charge on any atom is -0.265 e. The average molecular weight is 325 g/mol. The highest BCUT2D eigenvalue weighted by atomic mass is 14.9. The summed E-state index contributed by atoms with van der Waals surface area (Å²) in [6.45, 7) is 0. The molecule has 3 heterocycles. The summed E-state index contributed by atoms with van der Waals surface area (Å²) in [6.07, 6.45) is 12.2. The SMILES string of the molecule is c1ccc([C@](c2ccncc2)(c2cncnc2)c2ncccn2)cc1. The molecule has 0 radical (unpaired) electrons. The van der Waals surface area contributed by atoms with Gasteiger partial charge in [-0.15, -0.1) is 0 Å². The Kier molecular flexibility index (Phi) is 3.96. The quantitative estimate of drug-likeness (QED) is 0.577. The maximum absolute atomic E-state index is 4.59. The zero-order valence-corrected chi connectivity index (χ0v) is 13.4. The van der Waals surface area contributed by atoms with E-state index < -0.39 is 5.41 Å². The van der Waals surface area contributed by atoms with Gasteiger partial charge in [-0.05, 0) is 29.3 Å². The minimum absolute atomic E-state index is 0.669. The van der Waals surface area contributed by atoms with E-state index in [1.54, 1.807) is 24.8 Å². The number of benzene rings is 1. The van der Waals surface area contributed by atoms with Crippen LogP contribution in [0.15, 0.2) is 92.0 Å². The summed E-state index contributed by atoms with van der Waals surface area (Å²) in [5.41, 5.74) is 2.24. The smallest absolute Gasteiger partial charge is 0.147 e. The van der Waals surface area contributed by atoms with Crippen molar-refractivity contribution in [3.05, 3.63) is 115 Å². The molecule has 1 atom stereocenters. The first-order chi connectivity index (χ1) is 12.4. The fraction of sp³-hybridized carbons (Fsp3) is 0.0500. The Hall–Kier alpha value is -3.47. The fourth-order valence-corrected chi connectivity index (χ4v) is 3.16. The maximum Gasteiger partial charge on any atom is 0.147 e. The molecule has 0 amide bonds. The summed E-state index contributed by atoms with van der Waals surface area (Å²) >= 11 is 0. The monoisotopic (exact) mass is 325 g/mol. The zero-order valence-electron chi connectivity index (χ0n) is 13.4. The van der Waals surface area contributed by atoms with Crippen molar-refractivity contribution in [1.29, 1.82) is 0 Å². The second-order valence-electron chi connectivity index (χ2n) is 5.55. The van der Waals surface area contributed by atoms with E-state index in [4.69, 9.17) is 0 Å². The molecule has 0 aliphatic rings. The predicted molar refractivity (Wildman–Crippen MR) is 93.7 cm³/mol. The minimum atomic E-state index is -0.716. The molecule has 1 aromatic carbocycles. The molecule has 0 saturated carbocycles. The van der Waals surface area contributed by atoms with Gasteiger partial charge in [0.05, 0.1) is 0 Å². The summed E-state index contributed by atoms with van der Waals surface area (Å²) in [5, 5.41) is 0. The van der Waals surface area contributed by atoms with E-state index in [2.05, 4.69) is 37.1 Å². The average Bonchev–Trinajstić information content (AvgIpc) is 2.72. The van der Waals surface area contributed by atoms with Crippen LogP contribution in [0.25, 0.3) is 0 Å². The summed E-state index contributed by atoms with van der Waals surface area (Å²) in [5.74, 6) is 0.669. The van der Waals surface area contributed by atoms with Crippen molar-refractivity contribution >= 4 is 0 Å². The summed E-state index contributed by atoms with van der Waals surface area (Å²) in [6, 6.07) is 15.9. The van der Waals surface area contributed by atoms with Gasteiger partial charge in [-0.2, -0.15) is 0 Å².